The molecule has 0 bridgehead atoms. The topological polar surface area (TPSA) is 93.7 Å². The summed E-state index contributed by atoms with van der Waals surface area (Å²) in [6, 6.07) is 14.2. The molecule has 1 fully saturated rings. The monoisotopic (exact) mass is 424 g/mol. The van der Waals surface area contributed by atoms with Crippen molar-refractivity contribution in [2.24, 2.45) is 0 Å². The fourth-order valence-corrected chi connectivity index (χ4v) is 4.08. The van der Waals surface area contributed by atoms with Gasteiger partial charge in [-0.1, -0.05) is 11.3 Å². The zero-order valence-electron chi connectivity index (χ0n) is 16.5. The second-order valence-electron chi connectivity index (χ2n) is 6.73. The van der Waals surface area contributed by atoms with E-state index in [0.717, 1.165) is 16.4 Å². The summed E-state index contributed by atoms with van der Waals surface area (Å²) >= 11 is 1.29. The summed E-state index contributed by atoms with van der Waals surface area (Å²) in [7, 11) is 3.17. The Bertz CT molecular complexity index is 1050. The Morgan fingerprint density at radius 1 is 1.03 bits per heavy atom. The van der Waals surface area contributed by atoms with Crippen LogP contribution in [0.1, 0.15) is 27.7 Å². The molecule has 2 aromatic carbocycles. The number of aromatic nitrogens is 2. The highest BCUT2D eigenvalue weighted by Crippen LogP contribution is 2.34. The van der Waals surface area contributed by atoms with Crippen LogP contribution in [0.25, 0.3) is 0 Å². The van der Waals surface area contributed by atoms with Gasteiger partial charge in [-0.25, -0.2) is 0 Å². The molecule has 30 heavy (non-hydrogen) atoms. The molecule has 154 valence electrons. The smallest absolute Gasteiger partial charge is 0.257 e. The maximum atomic E-state index is 12.5. The van der Waals surface area contributed by atoms with Gasteiger partial charge in [0.15, 0.2) is 0 Å². The highest BCUT2D eigenvalue weighted by Gasteiger charge is 2.34. The third kappa shape index (κ3) is 4.11. The molecule has 1 saturated heterocycles. The summed E-state index contributed by atoms with van der Waals surface area (Å²) in [6.45, 7) is 0.520. The molecule has 0 saturated carbocycles. The maximum absolute atomic E-state index is 12.5. The van der Waals surface area contributed by atoms with E-state index in [-0.39, 0.29) is 17.7 Å². The number of benzene rings is 2. The molecule has 1 aliphatic rings. The molecule has 2 amide bonds. The van der Waals surface area contributed by atoms with Gasteiger partial charge in [-0.3, -0.25) is 14.9 Å². The van der Waals surface area contributed by atoms with Gasteiger partial charge in [0.2, 0.25) is 11.0 Å². The van der Waals surface area contributed by atoms with Crippen molar-refractivity contribution in [3.63, 3.8) is 0 Å². The fourth-order valence-electron chi connectivity index (χ4n) is 3.25. The van der Waals surface area contributed by atoms with E-state index in [1.165, 1.54) is 11.3 Å². The van der Waals surface area contributed by atoms with Crippen LogP contribution < -0.4 is 19.7 Å². The van der Waals surface area contributed by atoms with Crippen molar-refractivity contribution in [1.82, 2.24) is 10.2 Å². The predicted molar refractivity (Wildman–Crippen MR) is 114 cm³/mol. The van der Waals surface area contributed by atoms with Crippen LogP contribution in [0.5, 0.6) is 11.5 Å². The van der Waals surface area contributed by atoms with E-state index in [1.54, 1.807) is 43.4 Å². The molecule has 9 heteroatoms. The van der Waals surface area contributed by atoms with E-state index < -0.39 is 0 Å². The van der Waals surface area contributed by atoms with Crippen LogP contribution in [0.3, 0.4) is 0 Å². The Morgan fingerprint density at radius 2 is 1.67 bits per heavy atom. The average Bonchev–Trinajstić information content (AvgIpc) is 3.40. The van der Waals surface area contributed by atoms with Crippen molar-refractivity contribution >= 4 is 34.0 Å². The molecule has 1 unspecified atom stereocenters. The Hall–Kier alpha value is -3.46. The van der Waals surface area contributed by atoms with Gasteiger partial charge in [-0.2, -0.15) is 0 Å². The number of anilines is 2. The SMILES string of the molecule is COc1ccc(C(=O)Nc2nnc(C3CC(=O)N(c4ccc(OC)cc4)C3)s2)cc1. The van der Waals surface area contributed by atoms with Gasteiger partial charge in [0.05, 0.1) is 14.2 Å². The van der Waals surface area contributed by atoms with Gasteiger partial charge in [0.25, 0.3) is 5.91 Å². The van der Waals surface area contributed by atoms with E-state index in [1.807, 2.05) is 24.3 Å². The van der Waals surface area contributed by atoms with Crippen LogP contribution in [-0.4, -0.2) is 42.8 Å². The number of carbonyl (C=O) groups is 2. The lowest BCUT2D eigenvalue weighted by Crippen LogP contribution is -2.24. The Labute approximate surface area is 177 Å². The largest absolute Gasteiger partial charge is 0.497 e. The van der Waals surface area contributed by atoms with Crippen LogP contribution >= 0.6 is 11.3 Å². The van der Waals surface area contributed by atoms with E-state index in [9.17, 15) is 9.59 Å². The first-order valence-electron chi connectivity index (χ1n) is 9.30. The molecule has 1 aromatic heterocycles. The first-order chi connectivity index (χ1) is 14.6. The molecule has 0 aliphatic carbocycles. The van der Waals surface area contributed by atoms with E-state index >= 15 is 0 Å². The van der Waals surface area contributed by atoms with Crippen molar-refractivity contribution in [2.75, 3.05) is 31.0 Å². The number of amides is 2. The van der Waals surface area contributed by atoms with Gasteiger partial charge in [-0.05, 0) is 48.5 Å². The number of carbonyl (C=O) groups excluding carboxylic acids is 2. The first-order valence-corrected chi connectivity index (χ1v) is 10.1. The summed E-state index contributed by atoms with van der Waals surface area (Å²) in [5.74, 6) is 1.11. The van der Waals surface area contributed by atoms with Crippen LogP contribution in [0.2, 0.25) is 0 Å². The first kappa shape index (κ1) is 19.8. The van der Waals surface area contributed by atoms with Crippen molar-refractivity contribution in [1.29, 1.82) is 0 Å². The van der Waals surface area contributed by atoms with Gasteiger partial charge >= 0.3 is 0 Å². The summed E-state index contributed by atoms with van der Waals surface area (Å²) in [4.78, 5) is 26.6. The third-order valence-electron chi connectivity index (χ3n) is 4.87. The lowest BCUT2D eigenvalue weighted by Gasteiger charge is -2.16. The highest BCUT2D eigenvalue weighted by atomic mass is 32.1. The number of nitrogens with zero attached hydrogens (tertiary/aromatic N) is 3. The summed E-state index contributed by atoms with van der Waals surface area (Å²) in [6.07, 6.45) is 0.354. The molecular weight excluding hydrogens is 404 g/mol. The predicted octanol–water partition coefficient (Wildman–Crippen LogP) is 3.33. The molecule has 0 spiro atoms. The second-order valence-corrected chi connectivity index (χ2v) is 7.74. The number of hydrogen-bond donors (Lipinski definition) is 1. The van der Waals surface area contributed by atoms with Crippen molar-refractivity contribution < 1.29 is 19.1 Å². The van der Waals surface area contributed by atoms with Crippen LogP contribution in [-0.2, 0) is 4.79 Å². The van der Waals surface area contributed by atoms with E-state index in [4.69, 9.17) is 9.47 Å². The molecule has 1 aliphatic heterocycles. The maximum Gasteiger partial charge on any atom is 0.257 e. The minimum Gasteiger partial charge on any atom is -0.497 e. The van der Waals surface area contributed by atoms with Gasteiger partial charge in [-0.15, -0.1) is 10.2 Å². The number of rotatable bonds is 6. The standard InChI is InChI=1S/C21H20N4O4S/c1-28-16-7-3-13(4-8-16)19(27)22-21-24-23-20(30-21)14-11-18(26)25(12-14)15-5-9-17(29-2)10-6-15/h3-10,14H,11-12H2,1-2H3,(H,22,24,27). The number of nitrogens with one attached hydrogen (secondary N) is 1. The molecule has 4 rings (SSSR count). The van der Waals surface area contributed by atoms with Crippen molar-refractivity contribution in [3.05, 3.63) is 59.1 Å². The summed E-state index contributed by atoms with van der Waals surface area (Å²) in [5, 5.41) is 12.2. The fraction of sp³-hybridized carbons (Fsp3) is 0.238. The van der Waals surface area contributed by atoms with Gasteiger partial charge < -0.3 is 14.4 Å². The molecule has 8 nitrogen and oxygen atoms in total. The zero-order valence-corrected chi connectivity index (χ0v) is 17.3. The molecule has 1 atom stereocenters. The highest BCUT2D eigenvalue weighted by molar-refractivity contribution is 7.15. The van der Waals surface area contributed by atoms with Crippen LogP contribution in [0, 0.1) is 0 Å². The summed E-state index contributed by atoms with van der Waals surface area (Å²) in [5.41, 5.74) is 1.31. The minimum absolute atomic E-state index is 0.0317. The molecule has 2 heterocycles. The third-order valence-corrected chi connectivity index (χ3v) is 5.87. The minimum atomic E-state index is -0.275. The average molecular weight is 424 g/mol. The molecule has 1 N–H and O–H groups in total. The Kier molecular flexibility index (Phi) is 5.62. The zero-order chi connectivity index (χ0) is 21.1. The normalized spacial score (nSPS) is 15.9. The summed E-state index contributed by atoms with van der Waals surface area (Å²) < 4.78 is 10.3. The lowest BCUT2D eigenvalue weighted by atomic mass is 10.1. The van der Waals surface area contributed by atoms with Gasteiger partial charge in [0.1, 0.15) is 16.5 Å². The second kappa shape index (κ2) is 8.50. The Balaban J connectivity index is 1.42. The Morgan fingerprint density at radius 3 is 2.30 bits per heavy atom. The number of methoxy groups -OCH3 is 2. The van der Waals surface area contributed by atoms with Gasteiger partial charge in [0, 0.05) is 30.1 Å². The van der Waals surface area contributed by atoms with E-state index in [0.29, 0.717) is 29.4 Å². The quantitative estimate of drug-likeness (QED) is 0.652. The van der Waals surface area contributed by atoms with Crippen molar-refractivity contribution in [2.45, 2.75) is 12.3 Å². The van der Waals surface area contributed by atoms with Crippen LogP contribution in [0.15, 0.2) is 48.5 Å². The van der Waals surface area contributed by atoms with Crippen molar-refractivity contribution in [3.8, 4) is 11.5 Å². The van der Waals surface area contributed by atoms with E-state index in [2.05, 4.69) is 15.5 Å². The lowest BCUT2D eigenvalue weighted by molar-refractivity contribution is -0.117. The number of ether oxygens (including phenoxy) is 2. The molecule has 3 aromatic rings. The molecule has 0 radical (unpaired) electrons. The molecular formula is C21H20N4O4S. The van der Waals surface area contributed by atoms with Crippen LogP contribution in [0.4, 0.5) is 10.8 Å². The number of hydrogen-bond acceptors (Lipinski definition) is 7.